The molecule has 5 rings (SSSR count). The van der Waals surface area contributed by atoms with Gasteiger partial charge in [0.1, 0.15) is 5.82 Å². The van der Waals surface area contributed by atoms with E-state index in [9.17, 15) is 4.79 Å². The molecule has 0 radical (unpaired) electrons. The van der Waals surface area contributed by atoms with E-state index in [0.717, 1.165) is 49.7 Å². The van der Waals surface area contributed by atoms with Crippen LogP contribution in [0, 0.1) is 0 Å². The Labute approximate surface area is 247 Å². The van der Waals surface area contributed by atoms with Crippen molar-refractivity contribution in [2.75, 3.05) is 38.0 Å². The molecule has 2 aliphatic heterocycles. The molecule has 40 heavy (non-hydrogen) atoms. The molecule has 1 amide bonds. The summed E-state index contributed by atoms with van der Waals surface area (Å²) in [7, 11) is 0. The van der Waals surface area contributed by atoms with Gasteiger partial charge in [-0.2, -0.15) is 0 Å². The molecule has 6 nitrogen and oxygen atoms in total. The van der Waals surface area contributed by atoms with Gasteiger partial charge in [-0.1, -0.05) is 66.0 Å². The summed E-state index contributed by atoms with van der Waals surface area (Å²) in [5, 5.41) is 15.2. The van der Waals surface area contributed by atoms with Crippen LogP contribution in [-0.2, 0) is 6.42 Å². The Hall–Kier alpha value is -3.03. The highest BCUT2D eigenvalue weighted by Crippen LogP contribution is 2.24. The number of anilines is 1. The predicted molar refractivity (Wildman–Crippen MR) is 165 cm³/mol. The Balaban J connectivity index is 1.23. The maximum Gasteiger partial charge on any atom is 0.251 e. The first-order valence-corrected chi connectivity index (χ1v) is 14.9. The summed E-state index contributed by atoms with van der Waals surface area (Å²) in [4.78, 5) is 15.2. The van der Waals surface area contributed by atoms with Crippen molar-refractivity contribution in [3.63, 3.8) is 0 Å². The van der Waals surface area contributed by atoms with Crippen molar-refractivity contribution in [1.82, 2.24) is 20.9 Å². The Morgan fingerprint density at radius 2 is 1.80 bits per heavy atom. The maximum atomic E-state index is 12.8. The van der Waals surface area contributed by atoms with Gasteiger partial charge in [-0.05, 0) is 79.4 Å². The quantitative estimate of drug-likeness (QED) is 0.251. The van der Waals surface area contributed by atoms with E-state index in [4.69, 9.17) is 23.2 Å². The summed E-state index contributed by atoms with van der Waals surface area (Å²) < 4.78 is 0. The van der Waals surface area contributed by atoms with Gasteiger partial charge in [0.2, 0.25) is 0 Å². The van der Waals surface area contributed by atoms with E-state index < -0.39 is 0 Å². The van der Waals surface area contributed by atoms with Crippen LogP contribution in [0.15, 0.2) is 84.7 Å². The van der Waals surface area contributed by atoms with Crippen LogP contribution in [0.3, 0.4) is 0 Å². The van der Waals surface area contributed by atoms with Crippen molar-refractivity contribution in [3.8, 4) is 0 Å². The predicted octanol–water partition coefficient (Wildman–Crippen LogP) is 6.01. The van der Waals surface area contributed by atoms with Gasteiger partial charge in [0.05, 0.1) is 0 Å². The number of hydrogen-bond donors (Lipinski definition) is 4. The molecule has 2 heterocycles. The van der Waals surface area contributed by atoms with Gasteiger partial charge in [-0.3, -0.25) is 4.79 Å². The Morgan fingerprint density at radius 1 is 0.975 bits per heavy atom. The van der Waals surface area contributed by atoms with Crippen molar-refractivity contribution in [3.05, 3.63) is 111 Å². The summed E-state index contributed by atoms with van der Waals surface area (Å²) in [5.74, 6) is 1.01. The normalized spacial score (nSPS) is 19.8. The Morgan fingerprint density at radius 3 is 2.55 bits per heavy atom. The number of nitrogens with zero attached hydrogens (tertiary/aromatic N) is 1. The lowest BCUT2D eigenvalue weighted by atomic mass is 10.0. The molecular weight excluding hydrogens is 541 g/mol. The van der Waals surface area contributed by atoms with Crippen LogP contribution in [0.1, 0.15) is 46.8 Å². The molecule has 8 heteroatoms. The van der Waals surface area contributed by atoms with Gasteiger partial charge in [-0.15, -0.1) is 0 Å². The van der Waals surface area contributed by atoms with Crippen molar-refractivity contribution in [2.24, 2.45) is 0 Å². The van der Waals surface area contributed by atoms with Gasteiger partial charge in [0.25, 0.3) is 5.91 Å². The zero-order valence-corrected chi connectivity index (χ0v) is 24.1. The van der Waals surface area contributed by atoms with E-state index in [0.29, 0.717) is 34.6 Å². The van der Waals surface area contributed by atoms with Crippen molar-refractivity contribution >= 4 is 34.8 Å². The first-order valence-electron chi connectivity index (χ1n) is 14.1. The molecule has 2 fully saturated rings. The summed E-state index contributed by atoms with van der Waals surface area (Å²) in [5.41, 5.74) is 3.84. The van der Waals surface area contributed by atoms with Crippen LogP contribution in [0.2, 0.25) is 10.0 Å². The molecule has 210 valence electrons. The molecule has 0 aliphatic carbocycles. The summed E-state index contributed by atoms with van der Waals surface area (Å²) in [6.45, 7) is 4.27. The molecule has 4 N–H and O–H groups in total. The minimum Gasteiger partial charge on any atom is -0.355 e. The fraction of sp³-hybridized carbons (Fsp3) is 0.344. The first kappa shape index (κ1) is 28.5. The average Bonchev–Trinajstić information content (AvgIpc) is 2.99. The van der Waals surface area contributed by atoms with E-state index in [1.54, 1.807) is 6.07 Å². The minimum absolute atomic E-state index is 0.105. The van der Waals surface area contributed by atoms with Gasteiger partial charge < -0.3 is 26.2 Å². The van der Waals surface area contributed by atoms with Crippen molar-refractivity contribution < 1.29 is 4.79 Å². The number of halogens is 2. The zero-order chi connectivity index (χ0) is 27.7. The second-order valence-corrected chi connectivity index (χ2v) is 11.3. The van der Waals surface area contributed by atoms with Crippen LogP contribution < -0.4 is 21.3 Å². The zero-order valence-electron chi connectivity index (χ0n) is 22.6. The maximum absolute atomic E-state index is 12.8. The molecule has 0 spiro atoms. The highest BCUT2D eigenvalue weighted by atomic mass is 35.5. The number of benzene rings is 3. The second-order valence-electron chi connectivity index (χ2n) is 10.4. The van der Waals surface area contributed by atoms with E-state index in [-0.39, 0.29) is 11.9 Å². The largest absolute Gasteiger partial charge is 0.355 e. The topological polar surface area (TPSA) is 68.4 Å². The van der Waals surface area contributed by atoms with E-state index in [1.165, 1.54) is 18.4 Å². The average molecular weight is 579 g/mol. The lowest BCUT2D eigenvalue weighted by Crippen LogP contribution is -2.47. The first-order chi connectivity index (χ1) is 19.5. The van der Waals surface area contributed by atoms with Gasteiger partial charge in [-0.25, -0.2) is 0 Å². The molecule has 2 unspecified atom stereocenters. The Bertz CT molecular complexity index is 1290. The molecule has 2 saturated heterocycles. The van der Waals surface area contributed by atoms with Crippen molar-refractivity contribution in [2.45, 2.75) is 37.8 Å². The lowest BCUT2D eigenvalue weighted by Gasteiger charge is -2.38. The molecule has 3 aromatic carbocycles. The summed E-state index contributed by atoms with van der Waals surface area (Å²) in [6.07, 6.45) is 6.59. The van der Waals surface area contributed by atoms with Crippen LogP contribution in [0.25, 0.3) is 0 Å². The summed E-state index contributed by atoms with van der Waals surface area (Å²) in [6, 6.07) is 24.4. The second kappa shape index (κ2) is 14.0. The number of rotatable bonds is 9. The van der Waals surface area contributed by atoms with Crippen molar-refractivity contribution in [1.29, 1.82) is 0 Å². The smallest absolute Gasteiger partial charge is 0.251 e. The third-order valence-corrected chi connectivity index (χ3v) is 8.13. The number of carbonyl (C=O) groups is 1. The van der Waals surface area contributed by atoms with Crippen LogP contribution >= 0.6 is 23.2 Å². The number of nitrogens with one attached hydrogen (secondary N) is 4. The van der Waals surface area contributed by atoms with Crippen LogP contribution in [0.5, 0.6) is 0 Å². The standard InChI is InChI=1S/C32H37Cl2N5O/c33-26-12-9-23(29(34)20-26)15-17-37-32(40)25-10-13-27(14-11-25)38-31(21-28-8-4-5-16-35-28)39-19-18-36-30(22-39)24-6-2-1-3-7-24/h1-3,6-7,9-14,20-21,28,30,35-36,38H,4-5,8,15-19,22H2,(H,37,40)/b31-21-. The lowest BCUT2D eigenvalue weighted by molar-refractivity contribution is 0.0954. The Kier molecular flexibility index (Phi) is 10.0. The van der Waals surface area contributed by atoms with Gasteiger partial charge >= 0.3 is 0 Å². The number of amides is 1. The number of piperidine rings is 1. The minimum atomic E-state index is -0.105. The third kappa shape index (κ3) is 7.79. The molecule has 0 aromatic heterocycles. The van der Waals surface area contributed by atoms with E-state index >= 15 is 0 Å². The van der Waals surface area contributed by atoms with Crippen LogP contribution in [-0.4, -0.2) is 49.6 Å². The van der Waals surface area contributed by atoms with Gasteiger partial charge in [0, 0.05) is 59.6 Å². The molecule has 2 atom stereocenters. The fourth-order valence-corrected chi connectivity index (χ4v) is 5.81. The van der Waals surface area contributed by atoms with E-state index in [1.807, 2.05) is 36.4 Å². The highest BCUT2D eigenvalue weighted by Gasteiger charge is 2.23. The monoisotopic (exact) mass is 577 g/mol. The molecule has 0 bridgehead atoms. The summed E-state index contributed by atoms with van der Waals surface area (Å²) >= 11 is 12.2. The molecule has 2 aliphatic rings. The van der Waals surface area contributed by atoms with Gasteiger partial charge in [0.15, 0.2) is 0 Å². The number of piperazine rings is 1. The van der Waals surface area contributed by atoms with Crippen LogP contribution in [0.4, 0.5) is 5.69 Å². The number of carbonyl (C=O) groups excluding carboxylic acids is 1. The molecule has 0 saturated carbocycles. The SMILES string of the molecule is O=C(NCCc1ccc(Cl)cc1Cl)c1ccc(N/C(=C/C2CCCCN2)N2CCNC(c3ccccc3)C2)cc1. The third-order valence-electron chi connectivity index (χ3n) is 7.54. The van der Waals surface area contributed by atoms with E-state index in [2.05, 4.69) is 62.6 Å². The number of hydrogen-bond acceptors (Lipinski definition) is 5. The molecular formula is C32H37Cl2N5O. The highest BCUT2D eigenvalue weighted by molar-refractivity contribution is 6.35. The molecule has 3 aromatic rings. The fourth-order valence-electron chi connectivity index (χ4n) is 5.31.